The molecule has 17 heavy (non-hydrogen) atoms. The van der Waals surface area contributed by atoms with Gasteiger partial charge in [0.1, 0.15) is 5.82 Å². The van der Waals surface area contributed by atoms with E-state index in [0.29, 0.717) is 6.04 Å². The van der Waals surface area contributed by atoms with Crippen molar-refractivity contribution < 1.29 is 0 Å². The van der Waals surface area contributed by atoms with Crippen LogP contribution in [0, 0.1) is 6.92 Å². The van der Waals surface area contributed by atoms with E-state index in [1.54, 1.807) is 0 Å². The lowest BCUT2D eigenvalue weighted by molar-refractivity contribution is 0.540. The number of hydrogen-bond donors (Lipinski definition) is 1. The van der Waals surface area contributed by atoms with Crippen LogP contribution in [-0.4, -0.2) is 14.8 Å². The highest BCUT2D eigenvalue weighted by atomic mass is 15.3. The summed E-state index contributed by atoms with van der Waals surface area (Å²) >= 11 is 0. The molecule has 0 bridgehead atoms. The number of rotatable bonds is 3. The zero-order valence-electron chi connectivity index (χ0n) is 10.5. The Labute approximate surface area is 101 Å². The van der Waals surface area contributed by atoms with E-state index in [1.165, 1.54) is 0 Å². The number of nitrogens with zero attached hydrogens (tertiary/aromatic N) is 3. The van der Waals surface area contributed by atoms with E-state index in [-0.39, 0.29) is 6.04 Å². The third-order valence-corrected chi connectivity index (χ3v) is 2.85. The van der Waals surface area contributed by atoms with Gasteiger partial charge in [-0.05, 0) is 26.3 Å². The molecular formula is C13H18N4. The normalized spacial score (nSPS) is 13.0. The topological polar surface area (TPSA) is 56.7 Å². The Balaban J connectivity index is 2.41. The van der Waals surface area contributed by atoms with Crippen LogP contribution < -0.4 is 5.73 Å². The van der Waals surface area contributed by atoms with E-state index in [4.69, 9.17) is 5.73 Å². The first-order valence-corrected chi connectivity index (χ1v) is 5.83. The zero-order valence-corrected chi connectivity index (χ0v) is 10.5. The highest BCUT2D eigenvalue weighted by Gasteiger charge is 2.19. The molecular weight excluding hydrogens is 212 g/mol. The molecule has 0 aliphatic carbocycles. The van der Waals surface area contributed by atoms with Crippen LogP contribution in [0.15, 0.2) is 30.3 Å². The summed E-state index contributed by atoms with van der Waals surface area (Å²) in [6.45, 7) is 6.17. The molecule has 0 radical (unpaired) electrons. The smallest absolute Gasteiger partial charge is 0.154 e. The second-order valence-electron chi connectivity index (χ2n) is 4.46. The minimum Gasteiger partial charge on any atom is -0.318 e. The number of aromatic nitrogens is 3. The van der Waals surface area contributed by atoms with Gasteiger partial charge in [0, 0.05) is 6.04 Å². The van der Waals surface area contributed by atoms with Gasteiger partial charge in [0.25, 0.3) is 0 Å². The van der Waals surface area contributed by atoms with Crippen LogP contribution in [0.4, 0.5) is 0 Å². The predicted molar refractivity (Wildman–Crippen MR) is 67.6 cm³/mol. The molecule has 0 fully saturated rings. The van der Waals surface area contributed by atoms with Gasteiger partial charge in [-0.3, -0.25) is 0 Å². The van der Waals surface area contributed by atoms with Crippen molar-refractivity contribution in [3.63, 3.8) is 0 Å². The lowest BCUT2D eigenvalue weighted by Gasteiger charge is -2.17. The van der Waals surface area contributed by atoms with Crippen molar-refractivity contribution in [2.75, 3.05) is 0 Å². The van der Waals surface area contributed by atoms with Crippen LogP contribution in [0.25, 0.3) is 0 Å². The third-order valence-electron chi connectivity index (χ3n) is 2.85. The van der Waals surface area contributed by atoms with Gasteiger partial charge < -0.3 is 10.3 Å². The minimum atomic E-state index is -0.222. The van der Waals surface area contributed by atoms with Crippen LogP contribution in [0.3, 0.4) is 0 Å². The van der Waals surface area contributed by atoms with Crippen molar-refractivity contribution >= 4 is 0 Å². The largest absolute Gasteiger partial charge is 0.318 e. The van der Waals surface area contributed by atoms with Crippen molar-refractivity contribution in [1.29, 1.82) is 0 Å². The maximum atomic E-state index is 6.24. The zero-order chi connectivity index (χ0) is 12.4. The van der Waals surface area contributed by atoms with Gasteiger partial charge in [-0.1, -0.05) is 30.3 Å². The van der Waals surface area contributed by atoms with Gasteiger partial charge in [0.2, 0.25) is 0 Å². The van der Waals surface area contributed by atoms with Crippen LogP contribution in [0.2, 0.25) is 0 Å². The number of hydrogen-bond acceptors (Lipinski definition) is 3. The molecule has 4 heteroatoms. The Morgan fingerprint density at radius 1 is 1.12 bits per heavy atom. The Kier molecular flexibility index (Phi) is 3.24. The lowest BCUT2D eigenvalue weighted by atomic mass is 10.1. The van der Waals surface area contributed by atoms with E-state index in [0.717, 1.165) is 17.2 Å². The van der Waals surface area contributed by atoms with Crippen molar-refractivity contribution in [3.05, 3.63) is 47.5 Å². The third kappa shape index (κ3) is 2.22. The summed E-state index contributed by atoms with van der Waals surface area (Å²) < 4.78 is 2.08. The molecule has 90 valence electrons. The fourth-order valence-corrected chi connectivity index (χ4v) is 2.05. The molecule has 2 rings (SSSR count). The molecule has 1 atom stereocenters. The maximum Gasteiger partial charge on any atom is 0.154 e. The van der Waals surface area contributed by atoms with Crippen molar-refractivity contribution in [2.45, 2.75) is 32.9 Å². The average Bonchev–Trinajstić information content (AvgIpc) is 2.71. The van der Waals surface area contributed by atoms with E-state index >= 15 is 0 Å². The first kappa shape index (κ1) is 11.8. The molecule has 1 heterocycles. The summed E-state index contributed by atoms with van der Waals surface area (Å²) in [7, 11) is 0. The van der Waals surface area contributed by atoms with Crippen molar-refractivity contribution in [2.24, 2.45) is 5.73 Å². The molecule has 0 saturated heterocycles. The molecule has 0 aliphatic heterocycles. The SMILES string of the molecule is Cc1nnc([C@H](N)c2ccccc2)n1C(C)C. The fraction of sp³-hybridized carbons (Fsp3) is 0.385. The molecule has 2 aromatic rings. The highest BCUT2D eigenvalue weighted by molar-refractivity contribution is 5.24. The standard InChI is InChI=1S/C13H18N4/c1-9(2)17-10(3)15-16-13(17)12(14)11-7-5-4-6-8-11/h4-9,12H,14H2,1-3H3/t12-/m1/s1. The van der Waals surface area contributed by atoms with Gasteiger partial charge in [0.05, 0.1) is 6.04 Å². The van der Waals surface area contributed by atoms with Crippen molar-refractivity contribution in [1.82, 2.24) is 14.8 Å². The monoisotopic (exact) mass is 230 g/mol. The Bertz CT molecular complexity index is 487. The molecule has 0 amide bonds. The molecule has 0 saturated carbocycles. The summed E-state index contributed by atoms with van der Waals surface area (Å²) in [5.41, 5.74) is 7.30. The Hall–Kier alpha value is -1.68. The lowest BCUT2D eigenvalue weighted by Crippen LogP contribution is -2.19. The number of benzene rings is 1. The molecule has 1 aromatic carbocycles. The summed E-state index contributed by atoms with van der Waals surface area (Å²) in [4.78, 5) is 0. The Morgan fingerprint density at radius 3 is 2.35 bits per heavy atom. The number of nitrogens with two attached hydrogens (primary N) is 1. The maximum absolute atomic E-state index is 6.24. The molecule has 2 N–H and O–H groups in total. The van der Waals surface area contributed by atoms with Crippen LogP contribution in [0.5, 0.6) is 0 Å². The molecule has 0 spiro atoms. The first-order chi connectivity index (χ1) is 8.11. The summed E-state index contributed by atoms with van der Waals surface area (Å²) in [6, 6.07) is 10.1. The average molecular weight is 230 g/mol. The van der Waals surface area contributed by atoms with Crippen LogP contribution >= 0.6 is 0 Å². The van der Waals surface area contributed by atoms with E-state index in [1.807, 2.05) is 37.3 Å². The van der Waals surface area contributed by atoms with Gasteiger partial charge in [-0.15, -0.1) is 10.2 Å². The second kappa shape index (κ2) is 4.67. The molecule has 4 nitrogen and oxygen atoms in total. The minimum absolute atomic E-state index is 0.222. The molecule has 0 aliphatic rings. The Morgan fingerprint density at radius 2 is 1.76 bits per heavy atom. The summed E-state index contributed by atoms with van der Waals surface area (Å²) in [6.07, 6.45) is 0. The highest BCUT2D eigenvalue weighted by Crippen LogP contribution is 2.21. The van der Waals surface area contributed by atoms with E-state index in [2.05, 4.69) is 28.6 Å². The predicted octanol–water partition coefficient (Wildman–Crippen LogP) is 2.22. The van der Waals surface area contributed by atoms with Gasteiger partial charge in [-0.2, -0.15) is 0 Å². The fourth-order valence-electron chi connectivity index (χ4n) is 2.05. The van der Waals surface area contributed by atoms with Crippen LogP contribution in [-0.2, 0) is 0 Å². The van der Waals surface area contributed by atoms with E-state index in [9.17, 15) is 0 Å². The molecule has 0 unspecified atom stereocenters. The van der Waals surface area contributed by atoms with Gasteiger partial charge >= 0.3 is 0 Å². The number of aryl methyl sites for hydroxylation is 1. The second-order valence-corrected chi connectivity index (χ2v) is 4.46. The molecule has 1 aromatic heterocycles. The summed E-state index contributed by atoms with van der Waals surface area (Å²) in [5, 5.41) is 8.32. The van der Waals surface area contributed by atoms with Gasteiger partial charge in [0.15, 0.2) is 5.82 Å². The quantitative estimate of drug-likeness (QED) is 0.879. The van der Waals surface area contributed by atoms with Crippen LogP contribution in [0.1, 0.15) is 43.1 Å². The first-order valence-electron chi connectivity index (χ1n) is 5.83. The van der Waals surface area contributed by atoms with Crippen molar-refractivity contribution in [3.8, 4) is 0 Å². The van der Waals surface area contributed by atoms with Gasteiger partial charge in [-0.25, -0.2) is 0 Å². The van der Waals surface area contributed by atoms with E-state index < -0.39 is 0 Å². The summed E-state index contributed by atoms with van der Waals surface area (Å²) in [5.74, 6) is 1.73.